The van der Waals surface area contributed by atoms with Crippen molar-refractivity contribution in [2.75, 3.05) is 12.8 Å². The molecule has 3 rings (SSSR count). The van der Waals surface area contributed by atoms with E-state index in [0.717, 1.165) is 25.7 Å². The maximum Gasteiger partial charge on any atom is 0.330 e. The first-order chi connectivity index (χ1) is 9.03. The van der Waals surface area contributed by atoms with Crippen LogP contribution < -0.4 is 5.32 Å². The first-order valence-corrected chi connectivity index (χ1v) is 7.98. The third kappa shape index (κ3) is 1.88. The highest BCUT2D eigenvalue weighted by Crippen LogP contribution is 2.50. The van der Waals surface area contributed by atoms with Gasteiger partial charge in [-0.1, -0.05) is 12.8 Å². The number of thioether (sulfide) groups is 1. The molecular formula is C13H18N2O3S. The molecule has 1 saturated heterocycles. The lowest BCUT2D eigenvalue weighted by molar-refractivity contribution is -0.144. The number of imide groups is 2. The highest BCUT2D eigenvalue weighted by Gasteiger charge is 2.62. The Hall–Kier alpha value is -1.04. The minimum absolute atomic E-state index is 0.0104. The van der Waals surface area contributed by atoms with E-state index in [0.29, 0.717) is 19.4 Å². The quantitative estimate of drug-likeness (QED) is 0.797. The fourth-order valence-electron chi connectivity index (χ4n) is 3.18. The molecule has 1 spiro atoms. The highest BCUT2D eigenvalue weighted by atomic mass is 32.2. The second kappa shape index (κ2) is 4.23. The summed E-state index contributed by atoms with van der Waals surface area (Å²) < 4.78 is -0.0104. The van der Waals surface area contributed by atoms with Crippen LogP contribution in [0.15, 0.2) is 0 Å². The van der Waals surface area contributed by atoms with Crippen LogP contribution in [-0.2, 0) is 9.59 Å². The standard InChI is InChI=1S/C13H18N2O3S/c1-19-12(4-2-3-5-12)8-15-10(17)13(6-7-13)9(16)14-11(15)18/h2-8H2,1H3,(H,14,16,18). The van der Waals surface area contributed by atoms with Crippen molar-refractivity contribution in [2.24, 2.45) is 5.41 Å². The van der Waals surface area contributed by atoms with Crippen molar-refractivity contribution in [1.29, 1.82) is 0 Å². The molecule has 5 nitrogen and oxygen atoms in total. The third-order valence-corrected chi connectivity index (χ3v) is 6.10. The van der Waals surface area contributed by atoms with Crippen LogP contribution in [0.3, 0.4) is 0 Å². The molecule has 0 aromatic rings. The Kier molecular flexibility index (Phi) is 2.89. The lowest BCUT2D eigenvalue weighted by atomic mass is 9.99. The summed E-state index contributed by atoms with van der Waals surface area (Å²) in [5.41, 5.74) is -0.911. The van der Waals surface area contributed by atoms with E-state index >= 15 is 0 Å². The van der Waals surface area contributed by atoms with Crippen LogP contribution in [0.25, 0.3) is 0 Å². The van der Waals surface area contributed by atoms with Gasteiger partial charge < -0.3 is 0 Å². The molecule has 2 saturated carbocycles. The average Bonchev–Trinajstić information content (AvgIpc) is 3.07. The first kappa shape index (κ1) is 13.0. The summed E-state index contributed by atoms with van der Waals surface area (Å²) in [6.45, 7) is 0.438. The van der Waals surface area contributed by atoms with Gasteiger partial charge in [0.15, 0.2) is 0 Å². The molecule has 2 aliphatic carbocycles. The monoisotopic (exact) mass is 282 g/mol. The summed E-state index contributed by atoms with van der Waals surface area (Å²) in [5, 5.41) is 2.35. The number of nitrogens with zero attached hydrogens (tertiary/aromatic N) is 1. The molecule has 3 aliphatic rings. The van der Waals surface area contributed by atoms with Crippen LogP contribution in [0.2, 0.25) is 0 Å². The molecule has 1 heterocycles. The minimum Gasteiger partial charge on any atom is -0.277 e. The largest absolute Gasteiger partial charge is 0.330 e. The van der Waals surface area contributed by atoms with Crippen LogP contribution in [0.1, 0.15) is 38.5 Å². The second-order valence-electron chi connectivity index (χ2n) is 5.83. The van der Waals surface area contributed by atoms with Crippen molar-refractivity contribution >= 4 is 29.6 Å². The summed E-state index contributed by atoms with van der Waals surface area (Å²) in [7, 11) is 0. The maximum atomic E-state index is 12.4. The number of carbonyl (C=O) groups excluding carboxylic acids is 3. The van der Waals surface area contributed by atoms with Gasteiger partial charge >= 0.3 is 6.03 Å². The number of urea groups is 1. The topological polar surface area (TPSA) is 66.5 Å². The van der Waals surface area contributed by atoms with Gasteiger partial charge in [-0.3, -0.25) is 19.8 Å². The fourth-order valence-corrected chi connectivity index (χ4v) is 4.13. The number of amides is 4. The Morgan fingerprint density at radius 3 is 2.32 bits per heavy atom. The Morgan fingerprint density at radius 1 is 1.16 bits per heavy atom. The van der Waals surface area contributed by atoms with E-state index in [1.165, 1.54) is 4.90 Å². The molecular weight excluding hydrogens is 264 g/mol. The highest BCUT2D eigenvalue weighted by molar-refractivity contribution is 8.00. The van der Waals surface area contributed by atoms with Gasteiger partial charge in [-0.05, 0) is 31.9 Å². The molecule has 1 aliphatic heterocycles. The predicted molar refractivity (Wildman–Crippen MR) is 71.6 cm³/mol. The summed E-state index contributed by atoms with van der Waals surface area (Å²) in [6, 6.07) is -0.534. The van der Waals surface area contributed by atoms with Gasteiger partial charge in [0.1, 0.15) is 5.41 Å². The molecule has 6 heteroatoms. The molecule has 0 aromatic carbocycles. The number of rotatable bonds is 3. The Labute approximate surface area is 116 Å². The Bertz CT molecular complexity index is 453. The maximum absolute atomic E-state index is 12.4. The first-order valence-electron chi connectivity index (χ1n) is 6.76. The lowest BCUT2D eigenvalue weighted by Crippen LogP contribution is -2.61. The average molecular weight is 282 g/mol. The second-order valence-corrected chi connectivity index (χ2v) is 7.10. The van der Waals surface area contributed by atoms with E-state index in [2.05, 4.69) is 5.32 Å². The zero-order chi connectivity index (χ0) is 13.7. The summed E-state index contributed by atoms with van der Waals surface area (Å²) in [4.78, 5) is 37.4. The van der Waals surface area contributed by atoms with Crippen LogP contribution in [0, 0.1) is 5.41 Å². The van der Waals surface area contributed by atoms with Gasteiger partial charge in [0.2, 0.25) is 11.8 Å². The molecule has 0 atom stereocenters. The van der Waals surface area contributed by atoms with Gasteiger partial charge in [-0.2, -0.15) is 11.8 Å². The molecule has 0 unspecified atom stereocenters. The molecule has 0 radical (unpaired) electrons. The van der Waals surface area contributed by atoms with E-state index in [1.54, 1.807) is 11.8 Å². The van der Waals surface area contributed by atoms with Crippen LogP contribution in [-0.4, -0.2) is 40.3 Å². The van der Waals surface area contributed by atoms with E-state index in [-0.39, 0.29) is 10.7 Å². The normalized spacial score (nSPS) is 27.8. The van der Waals surface area contributed by atoms with Crippen LogP contribution in [0.4, 0.5) is 4.79 Å². The molecule has 0 aromatic heterocycles. The van der Waals surface area contributed by atoms with E-state index in [1.807, 2.05) is 6.26 Å². The smallest absolute Gasteiger partial charge is 0.277 e. The van der Waals surface area contributed by atoms with Gasteiger partial charge in [-0.25, -0.2) is 4.79 Å². The zero-order valence-corrected chi connectivity index (χ0v) is 11.8. The van der Waals surface area contributed by atoms with Crippen molar-refractivity contribution in [2.45, 2.75) is 43.3 Å². The van der Waals surface area contributed by atoms with Gasteiger partial charge in [-0.15, -0.1) is 0 Å². The van der Waals surface area contributed by atoms with E-state index < -0.39 is 17.4 Å². The molecule has 4 amide bonds. The van der Waals surface area contributed by atoms with Crippen molar-refractivity contribution < 1.29 is 14.4 Å². The number of barbiturate groups is 1. The van der Waals surface area contributed by atoms with Crippen LogP contribution in [0.5, 0.6) is 0 Å². The van der Waals surface area contributed by atoms with Crippen molar-refractivity contribution in [1.82, 2.24) is 10.2 Å². The number of carbonyl (C=O) groups is 3. The van der Waals surface area contributed by atoms with E-state index in [4.69, 9.17) is 0 Å². The third-order valence-electron chi connectivity index (χ3n) is 4.70. The Morgan fingerprint density at radius 2 is 1.79 bits per heavy atom. The molecule has 3 fully saturated rings. The summed E-state index contributed by atoms with van der Waals surface area (Å²) in [5.74, 6) is -0.676. The summed E-state index contributed by atoms with van der Waals surface area (Å²) >= 11 is 1.74. The molecule has 19 heavy (non-hydrogen) atoms. The number of nitrogens with one attached hydrogen (secondary N) is 1. The Balaban J connectivity index is 1.81. The van der Waals surface area contributed by atoms with Gasteiger partial charge in [0.05, 0.1) is 0 Å². The lowest BCUT2D eigenvalue weighted by Gasteiger charge is -2.37. The van der Waals surface area contributed by atoms with E-state index in [9.17, 15) is 14.4 Å². The number of hydrogen-bond acceptors (Lipinski definition) is 4. The fraction of sp³-hybridized carbons (Fsp3) is 0.769. The molecule has 0 bridgehead atoms. The number of hydrogen-bond donors (Lipinski definition) is 1. The van der Waals surface area contributed by atoms with Crippen molar-refractivity contribution in [3.05, 3.63) is 0 Å². The summed E-state index contributed by atoms with van der Waals surface area (Å²) in [6.07, 6.45) is 7.55. The molecule has 104 valence electrons. The zero-order valence-electron chi connectivity index (χ0n) is 11.0. The minimum atomic E-state index is -0.911. The van der Waals surface area contributed by atoms with Crippen molar-refractivity contribution in [3.8, 4) is 0 Å². The van der Waals surface area contributed by atoms with Crippen molar-refractivity contribution in [3.63, 3.8) is 0 Å². The van der Waals surface area contributed by atoms with Crippen LogP contribution >= 0.6 is 11.8 Å². The molecule has 1 N–H and O–H groups in total. The predicted octanol–water partition coefficient (Wildman–Crippen LogP) is 1.52. The van der Waals surface area contributed by atoms with Gasteiger partial charge in [0.25, 0.3) is 0 Å². The van der Waals surface area contributed by atoms with Gasteiger partial charge in [0, 0.05) is 11.3 Å². The SMILES string of the molecule is CSC1(CN2C(=O)NC(=O)C3(CC3)C2=O)CCCC1.